The molecule has 0 saturated heterocycles. The van der Waals surface area contributed by atoms with E-state index in [1.807, 2.05) is 29.8 Å². The van der Waals surface area contributed by atoms with Crippen LogP contribution in [0.25, 0.3) is 11.8 Å². The minimum Gasteiger partial charge on any atom is -0.495 e. The highest BCUT2D eigenvalue weighted by Crippen LogP contribution is 2.25. The Balaban J connectivity index is 2.39. The SMILES string of the molecule is COc1cc(C=CC(=O)O)ccc1-n1cnc(C)c1. The fourth-order valence-electron chi connectivity index (χ4n) is 1.73. The molecule has 0 saturated carbocycles. The Morgan fingerprint density at radius 2 is 2.26 bits per heavy atom. The topological polar surface area (TPSA) is 64.3 Å². The van der Waals surface area contributed by atoms with Crippen molar-refractivity contribution in [2.45, 2.75) is 6.92 Å². The van der Waals surface area contributed by atoms with Crippen LogP contribution in [0.5, 0.6) is 5.75 Å². The zero-order valence-electron chi connectivity index (χ0n) is 10.7. The Kier molecular flexibility index (Phi) is 3.66. The molecule has 0 spiro atoms. The van der Waals surface area contributed by atoms with Crippen molar-refractivity contribution >= 4 is 12.0 Å². The molecular formula is C14H14N2O3. The van der Waals surface area contributed by atoms with E-state index >= 15 is 0 Å². The first-order chi connectivity index (χ1) is 9.10. The zero-order valence-corrected chi connectivity index (χ0v) is 10.7. The normalized spacial score (nSPS) is 10.8. The summed E-state index contributed by atoms with van der Waals surface area (Å²) in [6.07, 6.45) is 6.22. The maximum Gasteiger partial charge on any atom is 0.328 e. The van der Waals surface area contributed by atoms with E-state index in [1.165, 1.54) is 6.08 Å². The van der Waals surface area contributed by atoms with E-state index in [-0.39, 0.29) is 0 Å². The predicted octanol–water partition coefficient (Wildman–Crippen LogP) is 2.29. The van der Waals surface area contributed by atoms with Crippen LogP contribution in [0, 0.1) is 6.92 Å². The van der Waals surface area contributed by atoms with Crippen molar-refractivity contribution in [2.24, 2.45) is 0 Å². The van der Waals surface area contributed by atoms with Crippen molar-refractivity contribution in [3.8, 4) is 11.4 Å². The molecule has 98 valence electrons. The maximum atomic E-state index is 10.5. The number of carboxylic acid groups (broad SMARTS) is 1. The smallest absolute Gasteiger partial charge is 0.328 e. The van der Waals surface area contributed by atoms with Gasteiger partial charge in [0.1, 0.15) is 5.75 Å². The molecule has 0 aliphatic heterocycles. The summed E-state index contributed by atoms with van der Waals surface area (Å²) in [6, 6.07) is 5.47. The van der Waals surface area contributed by atoms with Crippen LogP contribution in [0.15, 0.2) is 36.8 Å². The minimum absolute atomic E-state index is 0.657. The number of carbonyl (C=O) groups is 1. The summed E-state index contributed by atoms with van der Waals surface area (Å²) < 4.78 is 7.19. The molecule has 19 heavy (non-hydrogen) atoms. The fourth-order valence-corrected chi connectivity index (χ4v) is 1.73. The van der Waals surface area contributed by atoms with Gasteiger partial charge < -0.3 is 14.4 Å². The minimum atomic E-state index is -0.978. The first-order valence-electron chi connectivity index (χ1n) is 5.70. The number of hydrogen-bond acceptors (Lipinski definition) is 3. The number of ether oxygens (including phenoxy) is 1. The van der Waals surface area contributed by atoms with E-state index < -0.39 is 5.97 Å². The van der Waals surface area contributed by atoms with Crippen molar-refractivity contribution in [3.63, 3.8) is 0 Å². The van der Waals surface area contributed by atoms with Crippen molar-refractivity contribution < 1.29 is 14.6 Å². The van der Waals surface area contributed by atoms with Gasteiger partial charge in [-0.2, -0.15) is 0 Å². The lowest BCUT2D eigenvalue weighted by molar-refractivity contribution is -0.131. The Bertz CT molecular complexity index is 629. The highest BCUT2D eigenvalue weighted by molar-refractivity contribution is 5.85. The van der Waals surface area contributed by atoms with Gasteiger partial charge in [0, 0.05) is 12.3 Å². The van der Waals surface area contributed by atoms with E-state index in [2.05, 4.69) is 4.98 Å². The van der Waals surface area contributed by atoms with E-state index in [9.17, 15) is 4.79 Å². The van der Waals surface area contributed by atoms with Gasteiger partial charge in [-0.25, -0.2) is 9.78 Å². The molecule has 0 amide bonds. The summed E-state index contributed by atoms with van der Waals surface area (Å²) in [5, 5.41) is 8.61. The first-order valence-corrected chi connectivity index (χ1v) is 5.70. The summed E-state index contributed by atoms with van der Waals surface area (Å²) in [5.41, 5.74) is 2.53. The second-order valence-corrected chi connectivity index (χ2v) is 4.03. The van der Waals surface area contributed by atoms with Crippen molar-refractivity contribution in [1.29, 1.82) is 0 Å². The molecule has 2 rings (SSSR count). The summed E-state index contributed by atoms with van der Waals surface area (Å²) >= 11 is 0. The quantitative estimate of drug-likeness (QED) is 0.854. The highest BCUT2D eigenvalue weighted by atomic mass is 16.5. The molecule has 1 heterocycles. The number of aliphatic carboxylic acids is 1. The van der Waals surface area contributed by atoms with E-state index in [4.69, 9.17) is 9.84 Å². The van der Waals surface area contributed by atoms with Gasteiger partial charge in [-0.3, -0.25) is 0 Å². The third kappa shape index (κ3) is 3.01. The zero-order chi connectivity index (χ0) is 13.8. The number of carboxylic acids is 1. The largest absolute Gasteiger partial charge is 0.495 e. The number of aromatic nitrogens is 2. The van der Waals surface area contributed by atoms with E-state index in [0.29, 0.717) is 5.75 Å². The van der Waals surface area contributed by atoms with Gasteiger partial charge in [0.2, 0.25) is 0 Å². The van der Waals surface area contributed by atoms with Gasteiger partial charge in [0.25, 0.3) is 0 Å². The molecule has 0 aliphatic rings. The summed E-state index contributed by atoms with van der Waals surface area (Å²) in [5.74, 6) is -0.321. The van der Waals surface area contributed by atoms with Crippen LogP contribution in [0.4, 0.5) is 0 Å². The van der Waals surface area contributed by atoms with Gasteiger partial charge >= 0.3 is 5.97 Å². The van der Waals surface area contributed by atoms with Crippen LogP contribution in [0.2, 0.25) is 0 Å². The molecule has 0 aliphatic carbocycles. The van der Waals surface area contributed by atoms with Crippen LogP contribution in [0.3, 0.4) is 0 Å². The number of methoxy groups -OCH3 is 1. The second-order valence-electron chi connectivity index (χ2n) is 4.03. The Hall–Kier alpha value is -2.56. The monoisotopic (exact) mass is 258 g/mol. The number of hydrogen-bond donors (Lipinski definition) is 1. The summed E-state index contributed by atoms with van der Waals surface area (Å²) in [4.78, 5) is 14.7. The third-order valence-electron chi connectivity index (χ3n) is 2.61. The molecule has 2 aromatic rings. The van der Waals surface area contributed by atoms with Crippen LogP contribution in [-0.4, -0.2) is 27.7 Å². The number of nitrogens with zero attached hydrogens (tertiary/aromatic N) is 2. The third-order valence-corrected chi connectivity index (χ3v) is 2.61. The van der Waals surface area contributed by atoms with Crippen molar-refractivity contribution in [1.82, 2.24) is 9.55 Å². The number of imidazole rings is 1. The van der Waals surface area contributed by atoms with E-state index in [0.717, 1.165) is 23.0 Å². The number of rotatable bonds is 4. The molecular weight excluding hydrogens is 244 g/mol. The van der Waals surface area contributed by atoms with Crippen molar-refractivity contribution in [2.75, 3.05) is 7.11 Å². The maximum absolute atomic E-state index is 10.5. The highest BCUT2D eigenvalue weighted by Gasteiger charge is 2.06. The molecule has 0 unspecified atom stereocenters. The van der Waals surface area contributed by atoms with Gasteiger partial charge in [0.05, 0.1) is 24.8 Å². The average molecular weight is 258 g/mol. The van der Waals surface area contributed by atoms with Gasteiger partial charge in [-0.05, 0) is 30.7 Å². The Morgan fingerprint density at radius 3 is 2.84 bits per heavy atom. The molecule has 0 fully saturated rings. The molecule has 1 aromatic carbocycles. The van der Waals surface area contributed by atoms with Crippen LogP contribution in [0.1, 0.15) is 11.3 Å². The molecule has 1 aromatic heterocycles. The number of aryl methyl sites for hydroxylation is 1. The number of benzene rings is 1. The average Bonchev–Trinajstić information content (AvgIpc) is 2.82. The Labute approximate surface area is 110 Å². The second kappa shape index (κ2) is 5.39. The molecule has 0 atom stereocenters. The molecule has 1 N–H and O–H groups in total. The van der Waals surface area contributed by atoms with Gasteiger partial charge in [0.15, 0.2) is 0 Å². The van der Waals surface area contributed by atoms with Crippen LogP contribution >= 0.6 is 0 Å². The standard InChI is InChI=1S/C14H14N2O3/c1-10-8-16(9-15-10)12-5-3-11(4-6-14(17)18)7-13(12)19-2/h3-9H,1-2H3,(H,17,18). The summed E-state index contributed by atoms with van der Waals surface area (Å²) in [6.45, 7) is 1.91. The molecule has 5 heteroatoms. The van der Waals surface area contributed by atoms with Crippen LogP contribution < -0.4 is 4.74 Å². The Morgan fingerprint density at radius 1 is 1.47 bits per heavy atom. The van der Waals surface area contributed by atoms with E-state index in [1.54, 1.807) is 19.5 Å². The lowest BCUT2D eigenvalue weighted by Crippen LogP contribution is -1.96. The lowest BCUT2D eigenvalue weighted by atomic mass is 10.1. The molecule has 0 radical (unpaired) electrons. The van der Waals surface area contributed by atoms with Gasteiger partial charge in [-0.1, -0.05) is 6.07 Å². The fraction of sp³-hybridized carbons (Fsp3) is 0.143. The van der Waals surface area contributed by atoms with Crippen molar-refractivity contribution in [3.05, 3.63) is 48.1 Å². The summed E-state index contributed by atoms with van der Waals surface area (Å²) in [7, 11) is 1.58. The predicted molar refractivity (Wildman–Crippen MR) is 71.5 cm³/mol. The molecule has 0 bridgehead atoms. The molecule has 5 nitrogen and oxygen atoms in total. The lowest BCUT2D eigenvalue weighted by Gasteiger charge is -2.09. The van der Waals surface area contributed by atoms with Crippen LogP contribution in [-0.2, 0) is 4.79 Å². The first kappa shape index (κ1) is 12.9. The van der Waals surface area contributed by atoms with Gasteiger partial charge in [-0.15, -0.1) is 0 Å².